The number of nitrogens with zero attached hydrogens (tertiary/aromatic N) is 3. The summed E-state index contributed by atoms with van der Waals surface area (Å²) < 4.78 is 16.6. The number of benzene rings is 1. The van der Waals surface area contributed by atoms with Crippen LogP contribution in [0.15, 0.2) is 34.7 Å². The SMILES string of the molecule is COc1ccc(CCN(Cc2ccc(C)o2)C(=O)CN(CCN2CCCCC2)C(=O)C2CCC2)cc1OC. The van der Waals surface area contributed by atoms with E-state index >= 15 is 0 Å². The predicted octanol–water partition coefficient (Wildman–Crippen LogP) is 4.29. The molecule has 1 aromatic heterocycles. The van der Waals surface area contributed by atoms with E-state index in [1.54, 1.807) is 14.2 Å². The normalized spacial score (nSPS) is 16.1. The van der Waals surface area contributed by atoms with Gasteiger partial charge in [0, 0.05) is 25.6 Å². The predicted molar refractivity (Wildman–Crippen MR) is 146 cm³/mol. The van der Waals surface area contributed by atoms with Crippen LogP contribution in [0.25, 0.3) is 0 Å². The van der Waals surface area contributed by atoms with Crippen molar-refractivity contribution in [2.24, 2.45) is 5.92 Å². The second-order valence-electron chi connectivity index (χ2n) is 10.6. The highest BCUT2D eigenvalue weighted by Gasteiger charge is 2.31. The zero-order chi connectivity index (χ0) is 26.9. The number of amides is 2. The van der Waals surface area contributed by atoms with Gasteiger partial charge in [-0.2, -0.15) is 0 Å². The third kappa shape index (κ3) is 7.53. The van der Waals surface area contributed by atoms with Crippen molar-refractivity contribution in [2.75, 3.05) is 53.5 Å². The van der Waals surface area contributed by atoms with Gasteiger partial charge < -0.3 is 28.6 Å². The van der Waals surface area contributed by atoms with E-state index in [2.05, 4.69) is 4.90 Å². The summed E-state index contributed by atoms with van der Waals surface area (Å²) in [7, 11) is 3.24. The van der Waals surface area contributed by atoms with Gasteiger partial charge in [0.05, 0.1) is 27.3 Å². The number of carbonyl (C=O) groups excluding carboxylic acids is 2. The lowest BCUT2D eigenvalue weighted by molar-refractivity contribution is -0.145. The summed E-state index contributed by atoms with van der Waals surface area (Å²) in [5.74, 6) is 3.05. The molecule has 1 aliphatic heterocycles. The van der Waals surface area contributed by atoms with Gasteiger partial charge in [-0.1, -0.05) is 18.9 Å². The van der Waals surface area contributed by atoms with Crippen molar-refractivity contribution in [3.63, 3.8) is 0 Å². The standard InChI is InChI=1S/C30H43N3O5/c1-23-10-12-26(38-23)21-32(17-14-24-11-13-27(36-2)28(20-24)37-3)29(34)22-33(30(35)25-8-7-9-25)19-18-31-15-5-4-6-16-31/h10-13,20,25H,4-9,14-19,21-22H2,1-3H3. The van der Waals surface area contributed by atoms with Crippen LogP contribution < -0.4 is 9.47 Å². The van der Waals surface area contributed by atoms with E-state index in [-0.39, 0.29) is 24.3 Å². The Balaban J connectivity index is 1.45. The van der Waals surface area contributed by atoms with E-state index in [0.717, 1.165) is 56.0 Å². The van der Waals surface area contributed by atoms with Gasteiger partial charge in [-0.15, -0.1) is 0 Å². The minimum atomic E-state index is -0.0501. The van der Waals surface area contributed by atoms with Crippen LogP contribution in [0.3, 0.4) is 0 Å². The number of methoxy groups -OCH3 is 2. The molecule has 0 bridgehead atoms. The first-order valence-corrected chi connectivity index (χ1v) is 14.0. The molecule has 1 saturated carbocycles. The monoisotopic (exact) mass is 525 g/mol. The Morgan fingerprint density at radius 1 is 0.947 bits per heavy atom. The highest BCUT2D eigenvalue weighted by Crippen LogP contribution is 2.29. The largest absolute Gasteiger partial charge is 0.493 e. The van der Waals surface area contributed by atoms with Gasteiger partial charge in [0.1, 0.15) is 11.5 Å². The molecular formula is C30H43N3O5. The van der Waals surface area contributed by atoms with Crippen LogP contribution in [0.2, 0.25) is 0 Å². The van der Waals surface area contributed by atoms with E-state index in [1.807, 2.05) is 47.1 Å². The first-order valence-electron chi connectivity index (χ1n) is 14.0. The number of ether oxygens (including phenoxy) is 2. The number of carbonyl (C=O) groups is 2. The Morgan fingerprint density at radius 2 is 1.71 bits per heavy atom. The maximum Gasteiger partial charge on any atom is 0.242 e. The van der Waals surface area contributed by atoms with Crippen molar-refractivity contribution in [1.29, 1.82) is 0 Å². The lowest BCUT2D eigenvalue weighted by Gasteiger charge is -2.35. The van der Waals surface area contributed by atoms with E-state index in [1.165, 1.54) is 19.3 Å². The van der Waals surface area contributed by atoms with Gasteiger partial charge in [0.25, 0.3) is 0 Å². The third-order valence-corrected chi connectivity index (χ3v) is 7.84. The maximum atomic E-state index is 13.7. The Bertz CT molecular complexity index is 1060. The first kappa shape index (κ1) is 28.0. The van der Waals surface area contributed by atoms with Crippen LogP contribution in [-0.2, 0) is 22.6 Å². The first-order chi connectivity index (χ1) is 18.5. The lowest BCUT2D eigenvalue weighted by Crippen LogP contribution is -2.49. The van der Waals surface area contributed by atoms with Crippen LogP contribution in [0.4, 0.5) is 0 Å². The lowest BCUT2D eigenvalue weighted by atomic mass is 9.84. The summed E-state index contributed by atoms with van der Waals surface area (Å²) in [5.41, 5.74) is 1.04. The fourth-order valence-corrected chi connectivity index (χ4v) is 5.24. The van der Waals surface area contributed by atoms with Crippen molar-refractivity contribution in [3.8, 4) is 11.5 Å². The number of likely N-dealkylation sites (tertiary alicyclic amines) is 1. The van der Waals surface area contributed by atoms with Crippen LogP contribution in [-0.4, -0.2) is 80.0 Å². The molecule has 4 rings (SSSR count). The molecular weight excluding hydrogens is 482 g/mol. The summed E-state index contributed by atoms with van der Waals surface area (Å²) in [6.45, 7) is 6.47. The Kier molecular flexibility index (Phi) is 10.1. The summed E-state index contributed by atoms with van der Waals surface area (Å²) in [6.07, 6.45) is 7.31. The summed E-state index contributed by atoms with van der Waals surface area (Å²) >= 11 is 0. The van der Waals surface area contributed by atoms with Gasteiger partial charge in [-0.3, -0.25) is 9.59 Å². The molecule has 1 saturated heterocycles. The van der Waals surface area contributed by atoms with Crippen LogP contribution in [0.5, 0.6) is 11.5 Å². The molecule has 38 heavy (non-hydrogen) atoms. The molecule has 2 aromatic rings. The molecule has 2 aliphatic rings. The molecule has 0 radical (unpaired) electrons. The number of furan rings is 1. The van der Waals surface area contributed by atoms with E-state index in [9.17, 15) is 9.59 Å². The zero-order valence-electron chi connectivity index (χ0n) is 23.2. The van der Waals surface area contributed by atoms with Crippen molar-refractivity contribution < 1.29 is 23.5 Å². The zero-order valence-corrected chi connectivity index (χ0v) is 23.2. The average Bonchev–Trinajstić information content (AvgIpc) is 3.32. The molecule has 2 fully saturated rings. The van der Waals surface area contributed by atoms with Crippen LogP contribution in [0, 0.1) is 12.8 Å². The molecule has 1 aromatic carbocycles. The molecule has 0 N–H and O–H groups in total. The fourth-order valence-electron chi connectivity index (χ4n) is 5.24. The van der Waals surface area contributed by atoms with Crippen molar-refractivity contribution >= 4 is 11.8 Å². The van der Waals surface area contributed by atoms with Gasteiger partial charge in [0.2, 0.25) is 11.8 Å². The van der Waals surface area contributed by atoms with Gasteiger partial charge >= 0.3 is 0 Å². The number of rotatable bonds is 13. The number of piperidine rings is 1. The highest BCUT2D eigenvalue weighted by molar-refractivity contribution is 5.86. The number of aryl methyl sites for hydroxylation is 1. The highest BCUT2D eigenvalue weighted by atomic mass is 16.5. The molecule has 1 aliphatic carbocycles. The van der Waals surface area contributed by atoms with Crippen molar-refractivity contribution in [2.45, 2.75) is 58.4 Å². The summed E-state index contributed by atoms with van der Waals surface area (Å²) in [4.78, 5) is 33.1. The molecule has 0 atom stereocenters. The van der Waals surface area contributed by atoms with Gasteiger partial charge in [0.15, 0.2) is 11.5 Å². The van der Waals surface area contributed by atoms with E-state index in [4.69, 9.17) is 13.9 Å². The topological polar surface area (TPSA) is 75.5 Å². The Morgan fingerprint density at radius 3 is 2.34 bits per heavy atom. The van der Waals surface area contributed by atoms with Crippen molar-refractivity contribution in [1.82, 2.24) is 14.7 Å². The fraction of sp³-hybridized carbons (Fsp3) is 0.600. The second-order valence-corrected chi connectivity index (χ2v) is 10.6. The van der Waals surface area contributed by atoms with Crippen LogP contribution in [0.1, 0.15) is 55.6 Å². The summed E-state index contributed by atoms with van der Waals surface area (Å²) in [5, 5.41) is 0. The molecule has 2 amide bonds. The Hall–Kier alpha value is -3.00. The molecule has 0 spiro atoms. The minimum Gasteiger partial charge on any atom is -0.493 e. The van der Waals surface area contributed by atoms with Gasteiger partial charge in [-0.05, 0) is 81.9 Å². The van der Waals surface area contributed by atoms with E-state index < -0.39 is 0 Å². The van der Waals surface area contributed by atoms with Crippen LogP contribution >= 0.6 is 0 Å². The molecule has 208 valence electrons. The molecule has 8 nitrogen and oxygen atoms in total. The number of hydrogen-bond donors (Lipinski definition) is 0. The second kappa shape index (κ2) is 13.7. The van der Waals surface area contributed by atoms with E-state index in [0.29, 0.717) is 37.6 Å². The third-order valence-electron chi connectivity index (χ3n) is 7.84. The summed E-state index contributed by atoms with van der Waals surface area (Å²) in [6, 6.07) is 9.66. The number of hydrogen-bond acceptors (Lipinski definition) is 6. The van der Waals surface area contributed by atoms with Gasteiger partial charge in [-0.25, -0.2) is 0 Å². The minimum absolute atomic E-state index is 0.0501. The molecule has 8 heteroatoms. The molecule has 2 heterocycles. The smallest absolute Gasteiger partial charge is 0.242 e. The molecule has 0 unspecified atom stereocenters. The average molecular weight is 526 g/mol. The maximum absolute atomic E-state index is 13.7. The Labute approximate surface area is 226 Å². The van der Waals surface area contributed by atoms with Crippen molar-refractivity contribution in [3.05, 3.63) is 47.4 Å². The quantitative estimate of drug-likeness (QED) is 0.388.